The largest absolute Gasteiger partial charge is 0.481 e. The number of anilines is 1. The summed E-state index contributed by atoms with van der Waals surface area (Å²) in [6, 6.07) is 17.4. The quantitative estimate of drug-likeness (QED) is 0.273. The average molecular weight is 563 g/mol. The Morgan fingerprint density at radius 1 is 0.927 bits per heavy atom. The van der Waals surface area contributed by atoms with Gasteiger partial charge in [-0.2, -0.15) is 0 Å². The van der Waals surface area contributed by atoms with Crippen molar-refractivity contribution in [3.05, 3.63) is 78.1 Å². The van der Waals surface area contributed by atoms with E-state index >= 15 is 0 Å². The standard InChI is InChI=1S/C33H39FN2O5/c1-22(2)21-33(5)14-16-36(17-15-33)31(39)35-25-18-28(20-29(19-25)41-27-12-8-24(34)9-13-27)40-26-10-6-23(7-11-26)32(3,4)30(37)38/h6-13,18-20,22H,14-17,21H2,1-5H3,(H,35,39)(H,37,38). The van der Waals surface area contributed by atoms with Crippen LogP contribution in [0.25, 0.3) is 0 Å². The minimum absolute atomic E-state index is 0.193. The summed E-state index contributed by atoms with van der Waals surface area (Å²) in [5.74, 6) is 1.05. The summed E-state index contributed by atoms with van der Waals surface area (Å²) in [6.45, 7) is 11.4. The number of carbonyl (C=O) groups excluding carboxylic acids is 1. The molecule has 1 heterocycles. The van der Waals surface area contributed by atoms with Crippen LogP contribution in [0.4, 0.5) is 14.9 Å². The normalized spacial score (nSPS) is 15.0. The van der Waals surface area contributed by atoms with E-state index in [9.17, 15) is 19.1 Å². The highest BCUT2D eigenvalue weighted by Crippen LogP contribution is 2.38. The Morgan fingerprint density at radius 2 is 1.44 bits per heavy atom. The van der Waals surface area contributed by atoms with Gasteiger partial charge in [0.1, 0.15) is 28.8 Å². The summed E-state index contributed by atoms with van der Waals surface area (Å²) in [5, 5.41) is 12.5. The molecular weight excluding hydrogens is 523 g/mol. The van der Waals surface area contributed by atoms with Gasteiger partial charge in [-0.25, -0.2) is 9.18 Å². The Balaban J connectivity index is 1.53. The van der Waals surface area contributed by atoms with Gasteiger partial charge in [0.25, 0.3) is 0 Å². The second-order valence-corrected chi connectivity index (χ2v) is 12.1. The molecule has 1 aliphatic rings. The van der Waals surface area contributed by atoms with Crippen LogP contribution in [0, 0.1) is 17.2 Å². The molecule has 8 heteroatoms. The lowest BCUT2D eigenvalue weighted by Gasteiger charge is -2.40. The maximum absolute atomic E-state index is 13.4. The zero-order valence-electron chi connectivity index (χ0n) is 24.4. The van der Waals surface area contributed by atoms with E-state index in [0.29, 0.717) is 53.3 Å². The average Bonchev–Trinajstić information content (AvgIpc) is 2.90. The van der Waals surface area contributed by atoms with Crippen molar-refractivity contribution in [2.75, 3.05) is 18.4 Å². The zero-order valence-corrected chi connectivity index (χ0v) is 24.4. The first-order chi connectivity index (χ1) is 19.3. The Bertz CT molecular complexity index is 1360. The number of halogens is 1. The Morgan fingerprint density at radius 3 is 1.93 bits per heavy atom. The molecule has 1 saturated heterocycles. The summed E-state index contributed by atoms with van der Waals surface area (Å²) in [7, 11) is 0. The molecule has 2 N–H and O–H groups in total. The van der Waals surface area contributed by atoms with Crippen molar-refractivity contribution in [2.24, 2.45) is 11.3 Å². The number of aliphatic carboxylic acids is 1. The molecule has 7 nitrogen and oxygen atoms in total. The zero-order chi connectivity index (χ0) is 29.8. The lowest BCUT2D eigenvalue weighted by atomic mass is 9.74. The van der Waals surface area contributed by atoms with E-state index in [-0.39, 0.29) is 17.3 Å². The lowest BCUT2D eigenvalue weighted by molar-refractivity contribution is -0.142. The molecule has 0 atom stereocenters. The molecule has 1 aliphatic heterocycles. The number of rotatable bonds is 9. The van der Waals surface area contributed by atoms with Gasteiger partial charge in [0, 0.05) is 37.0 Å². The van der Waals surface area contributed by atoms with Crippen LogP contribution in [0.5, 0.6) is 23.0 Å². The molecule has 1 fully saturated rings. The fraction of sp³-hybridized carbons (Fsp3) is 0.394. The van der Waals surface area contributed by atoms with E-state index in [1.54, 1.807) is 56.3 Å². The number of benzene rings is 3. The predicted molar refractivity (Wildman–Crippen MR) is 157 cm³/mol. The second kappa shape index (κ2) is 12.2. The highest BCUT2D eigenvalue weighted by molar-refractivity contribution is 5.90. The number of urea groups is 1. The number of nitrogens with one attached hydrogen (secondary N) is 1. The molecule has 3 aromatic carbocycles. The molecule has 0 spiro atoms. The van der Waals surface area contributed by atoms with Gasteiger partial charge in [0.05, 0.1) is 5.41 Å². The molecule has 0 radical (unpaired) electrons. The first kappa shape index (κ1) is 29.9. The Kier molecular flexibility index (Phi) is 8.90. The van der Waals surface area contributed by atoms with Crippen molar-refractivity contribution in [1.82, 2.24) is 4.90 Å². The number of hydrogen-bond donors (Lipinski definition) is 2. The number of likely N-dealkylation sites (tertiary alicyclic amines) is 1. The smallest absolute Gasteiger partial charge is 0.321 e. The van der Waals surface area contributed by atoms with E-state index in [4.69, 9.17) is 9.47 Å². The molecule has 41 heavy (non-hydrogen) atoms. The predicted octanol–water partition coefficient (Wildman–Crippen LogP) is 8.45. The molecule has 0 saturated carbocycles. The van der Waals surface area contributed by atoms with E-state index < -0.39 is 11.4 Å². The number of carboxylic acid groups (broad SMARTS) is 1. The number of nitrogens with zero attached hydrogens (tertiary/aromatic N) is 1. The van der Waals surface area contributed by atoms with Crippen LogP contribution in [0.1, 0.15) is 59.4 Å². The van der Waals surface area contributed by atoms with E-state index in [2.05, 4.69) is 26.1 Å². The number of ether oxygens (including phenoxy) is 2. The van der Waals surface area contributed by atoms with Gasteiger partial charge in [-0.3, -0.25) is 4.79 Å². The third kappa shape index (κ3) is 7.78. The lowest BCUT2D eigenvalue weighted by Crippen LogP contribution is -2.44. The van der Waals surface area contributed by atoms with Crippen LogP contribution in [0.15, 0.2) is 66.7 Å². The maximum Gasteiger partial charge on any atom is 0.321 e. The molecule has 0 bridgehead atoms. The van der Waals surface area contributed by atoms with Crippen molar-refractivity contribution in [3.63, 3.8) is 0 Å². The van der Waals surface area contributed by atoms with Crippen LogP contribution >= 0.6 is 0 Å². The third-order valence-electron chi connectivity index (χ3n) is 7.69. The maximum atomic E-state index is 13.4. The van der Waals surface area contributed by atoms with Crippen LogP contribution in [0.2, 0.25) is 0 Å². The molecule has 0 aliphatic carbocycles. The number of piperidine rings is 1. The third-order valence-corrected chi connectivity index (χ3v) is 7.69. The van der Waals surface area contributed by atoms with E-state index in [1.165, 1.54) is 24.3 Å². The fourth-order valence-electron chi connectivity index (χ4n) is 5.24. The second-order valence-electron chi connectivity index (χ2n) is 12.1. The number of carbonyl (C=O) groups is 2. The highest BCUT2D eigenvalue weighted by Gasteiger charge is 2.32. The Hall–Kier alpha value is -4.07. The van der Waals surface area contributed by atoms with Gasteiger partial charge < -0.3 is 24.8 Å². The highest BCUT2D eigenvalue weighted by atomic mass is 19.1. The molecule has 0 unspecified atom stereocenters. The summed E-state index contributed by atoms with van der Waals surface area (Å²) < 4.78 is 25.5. The number of carboxylic acids is 1. The minimum atomic E-state index is -1.04. The molecule has 2 amide bonds. The summed E-state index contributed by atoms with van der Waals surface area (Å²) >= 11 is 0. The van der Waals surface area contributed by atoms with Crippen molar-refractivity contribution in [2.45, 2.75) is 59.3 Å². The summed E-state index contributed by atoms with van der Waals surface area (Å²) in [6.07, 6.45) is 3.05. The summed E-state index contributed by atoms with van der Waals surface area (Å²) in [5.41, 5.74) is 0.331. The van der Waals surface area contributed by atoms with Gasteiger partial charge in [0.2, 0.25) is 0 Å². The van der Waals surface area contributed by atoms with Crippen LogP contribution in [0.3, 0.4) is 0 Å². The first-order valence-electron chi connectivity index (χ1n) is 14.0. The van der Waals surface area contributed by atoms with Crippen molar-refractivity contribution < 1.29 is 28.6 Å². The molecule has 218 valence electrons. The molecule has 3 aromatic rings. The van der Waals surface area contributed by atoms with Crippen LogP contribution in [-0.4, -0.2) is 35.1 Å². The van der Waals surface area contributed by atoms with Crippen LogP contribution in [-0.2, 0) is 10.2 Å². The van der Waals surface area contributed by atoms with E-state index in [1.807, 2.05) is 4.90 Å². The molecular formula is C33H39FN2O5. The SMILES string of the molecule is CC(C)CC1(C)CCN(C(=O)Nc2cc(Oc3ccc(F)cc3)cc(Oc3ccc(C(C)(C)C(=O)O)cc3)c2)CC1. The van der Waals surface area contributed by atoms with Gasteiger partial charge in [0.15, 0.2) is 0 Å². The monoisotopic (exact) mass is 562 g/mol. The topological polar surface area (TPSA) is 88.1 Å². The minimum Gasteiger partial charge on any atom is -0.481 e. The van der Waals surface area contributed by atoms with Crippen molar-refractivity contribution in [1.29, 1.82) is 0 Å². The number of amides is 2. The van der Waals surface area contributed by atoms with Gasteiger partial charge in [-0.15, -0.1) is 0 Å². The summed E-state index contributed by atoms with van der Waals surface area (Å²) in [4.78, 5) is 26.7. The number of hydrogen-bond acceptors (Lipinski definition) is 4. The van der Waals surface area contributed by atoms with Crippen LogP contribution < -0.4 is 14.8 Å². The van der Waals surface area contributed by atoms with E-state index in [0.717, 1.165) is 19.3 Å². The van der Waals surface area contributed by atoms with Gasteiger partial charge in [-0.1, -0.05) is 32.9 Å². The first-order valence-corrected chi connectivity index (χ1v) is 14.0. The van der Waals surface area contributed by atoms with Gasteiger partial charge >= 0.3 is 12.0 Å². The van der Waals surface area contributed by atoms with Crippen molar-refractivity contribution in [3.8, 4) is 23.0 Å². The van der Waals surface area contributed by atoms with Crippen molar-refractivity contribution >= 4 is 17.7 Å². The molecule has 0 aromatic heterocycles. The molecule has 4 rings (SSSR count). The Labute approximate surface area is 241 Å². The van der Waals surface area contributed by atoms with Gasteiger partial charge in [-0.05, 0) is 86.4 Å². The fourth-order valence-corrected chi connectivity index (χ4v) is 5.24.